The molecule has 34 heavy (non-hydrogen) atoms. The molecule has 0 radical (unpaired) electrons. The lowest BCUT2D eigenvalue weighted by Crippen LogP contribution is -2.50. The van der Waals surface area contributed by atoms with Crippen LogP contribution in [0.1, 0.15) is 37.8 Å². The van der Waals surface area contributed by atoms with Crippen LogP contribution in [0, 0.1) is 5.92 Å². The van der Waals surface area contributed by atoms with Gasteiger partial charge in [0.1, 0.15) is 6.61 Å². The van der Waals surface area contributed by atoms with Crippen LogP contribution in [0.2, 0.25) is 0 Å². The summed E-state index contributed by atoms with van der Waals surface area (Å²) in [7, 11) is 0. The lowest BCUT2D eigenvalue weighted by atomic mass is 9.91. The number of likely N-dealkylation sites (tertiary alicyclic amines) is 2. The second kappa shape index (κ2) is 11.3. The highest BCUT2D eigenvalue weighted by molar-refractivity contribution is 5.68. The molecule has 2 atom stereocenters. The van der Waals surface area contributed by atoms with Crippen molar-refractivity contribution in [1.29, 1.82) is 0 Å². The van der Waals surface area contributed by atoms with E-state index in [9.17, 15) is 9.90 Å². The Labute approximate surface area is 204 Å². The zero-order valence-electron chi connectivity index (χ0n) is 20.6. The van der Waals surface area contributed by atoms with E-state index in [4.69, 9.17) is 4.74 Å². The first kappa shape index (κ1) is 24.7. The molecule has 2 aliphatic rings. The zero-order chi connectivity index (χ0) is 24.0. The van der Waals surface area contributed by atoms with E-state index in [-0.39, 0.29) is 18.1 Å². The number of carbonyl (C=O) groups is 1. The molecule has 2 aromatic carbocycles. The van der Waals surface area contributed by atoms with Gasteiger partial charge in [-0.05, 0) is 37.8 Å². The van der Waals surface area contributed by atoms with Crippen molar-refractivity contribution in [3.8, 4) is 0 Å². The van der Waals surface area contributed by atoms with E-state index in [0.29, 0.717) is 19.7 Å². The van der Waals surface area contributed by atoms with Crippen LogP contribution in [0.25, 0.3) is 0 Å². The minimum absolute atomic E-state index is 0.211. The van der Waals surface area contributed by atoms with Gasteiger partial charge in [-0.1, -0.05) is 60.7 Å². The molecule has 6 heteroatoms. The van der Waals surface area contributed by atoms with Gasteiger partial charge in [0.25, 0.3) is 0 Å². The Hall–Kier alpha value is -2.41. The van der Waals surface area contributed by atoms with Gasteiger partial charge in [-0.25, -0.2) is 4.79 Å². The number of amides is 1. The van der Waals surface area contributed by atoms with E-state index in [0.717, 1.165) is 51.1 Å². The number of piperidine rings is 1. The molecule has 1 N–H and O–H groups in total. The highest BCUT2D eigenvalue weighted by atomic mass is 16.6. The lowest BCUT2D eigenvalue weighted by molar-refractivity contribution is 0.00886. The fourth-order valence-electron chi connectivity index (χ4n) is 5.43. The molecular weight excluding hydrogens is 426 g/mol. The summed E-state index contributed by atoms with van der Waals surface area (Å²) in [6.45, 7) is 10.3. The molecule has 2 aromatic rings. The van der Waals surface area contributed by atoms with Crippen molar-refractivity contribution in [2.24, 2.45) is 5.92 Å². The van der Waals surface area contributed by atoms with Crippen LogP contribution in [-0.2, 0) is 17.9 Å². The molecule has 2 fully saturated rings. The number of hydrogen-bond acceptors (Lipinski definition) is 5. The predicted octanol–water partition coefficient (Wildman–Crippen LogP) is 3.99. The molecule has 2 saturated heterocycles. The van der Waals surface area contributed by atoms with E-state index in [1.165, 1.54) is 5.56 Å². The molecule has 1 amide bonds. The van der Waals surface area contributed by atoms with Gasteiger partial charge in [-0.15, -0.1) is 0 Å². The van der Waals surface area contributed by atoms with Gasteiger partial charge >= 0.3 is 6.09 Å². The molecule has 4 rings (SSSR count). The van der Waals surface area contributed by atoms with Crippen LogP contribution in [0.5, 0.6) is 0 Å². The molecule has 0 bridgehead atoms. The van der Waals surface area contributed by atoms with Crippen molar-refractivity contribution in [3.63, 3.8) is 0 Å². The molecule has 184 valence electrons. The quantitative estimate of drug-likeness (QED) is 0.639. The number of β-amino-alcohol motifs (C(OH)–C–C–N with tert-alkyl or cyclic N) is 1. The summed E-state index contributed by atoms with van der Waals surface area (Å²) in [4.78, 5) is 19.4. The van der Waals surface area contributed by atoms with Gasteiger partial charge in [0.05, 0.1) is 5.60 Å². The Bertz CT molecular complexity index is 898. The molecule has 0 saturated carbocycles. The Balaban J connectivity index is 1.24. The largest absolute Gasteiger partial charge is 0.445 e. The van der Waals surface area contributed by atoms with E-state index in [1.54, 1.807) is 0 Å². The standard InChI is InChI=1S/C28H39N3O3/c1-3-31(27(32)34-21-24-12-8-5-9-13-24)26-14-16-29(17-15-26)19-25-20-30(22-28(25,2)33)18-23-10-6-4-7-11-23/h4-13,25-26,33H,3,14-22H2,1-2H3. The minimum atomic E-state index is -0.678. The summed E-state index contributed by atoms with van der Waals surface area (Å²) in [5, 5.41) is 11.1. The zero-order valence-corrected chi connectivity index (χ0v) is 20.6. The van der Waals surface area contributed by atoms with E-state index < -0.39 is 5.60 Å². The Kier molecular flexibility index (Phi) is 8.24. The second-order valence-electron chi connectivity index (χ2n) is 10.1. The van der Waals surface area contributed by atoms with Crippen molar-refractivity contribution in [2.75, 3.05) is 39.3 Å². The van der Waals surface area contributed by atoms with Gasteiger partial charge < -0.3 is 19.6 Å². The number of carbonyl (C=O) groups excluding carboxylic acids is 1. The van der Waals surface area contributed by atoms with Crippen molar-refractivity contribution in [1.82, 2.24) is 14.7 Å². The number of hydrogen-bond donors (Lipinski definition) is 1. The number of rotatable bonds is 8. The van der Waals surface area contributed by atoms with Crippen LogP contribution < -0.4 is 0 Å². The van der Waals surface area contributed by atoms with Gasteiger partial charge in [-0.3, -0.25) is 4.90 Å². The number of nitrogens with zero attached hydrogens (tertiary/aromatic N) is 3. The first-order valence-corrected chi connectivity index (χ1v) is 12.6. The van der Waals surface area contributed by atoms with E-state index >= 15 is 0 Å². The average molecular weight is 466 g/mol. The van der Waals surface area contributed by atoms with E-state index in [1.807, 2.05) is 55.1 Å². The maximum atomic E-state index is 12.7. The maximum absolute atomic E-state index is 12.7. The predicted molar refractivity (Wildman–Crippen MR) is 134 cm³/mol. The van der Waals surface area contributed by atoms with Gasteiger partial charge in [0, 0.05) is 57.8 Å². The fraction of sp³-hybridized carbons (Fsp3) is 0.536. The number of aliphatic hydroxyl groups is 1. The van der Waals surface area contributed by atoms with Crippen LogP contribution in [0.15, 0.2) is 60.7 Å². The molecule has 2 unspecified atom stereocenters. The monoisotopic (exact) mass is 465 g/mol. The average Bonchev–Trinajstić information content (AvgIpc) is 3.12. The first-order valence-electron chi connectivity index (χ1n) is 12.6. The van der Waals surface area contributed by atoms with Gasteiger partial charge in [0.15, 0.2) is 0 Å². The summed E-state index contributed by atoms with van der Waals surface area (Å²) in [6.07, 6.45) is 1.66. The van der Waals surface area contributed by atoms with Crippen molar-refractivity contribution >= 4 is 6.09 Å². The fourth-order valence-corrected chi connectivity index (χ4v) is 5.43. The smallest absolute Gasteiger partial charge is 0.410 e. The Morgan fingerprint density at radius 3 is 2.26 bits per heavy atom. The minimum Gasteiger partial charge on any atom is -0.445 e. The van der Waals surface area contributed by atoms with Crippen molar-refractivity contribution < 1.29 is 14.6 Å². The van der Waals surface area contributed by atoms with Gasteiger partial charge in [-0.2, -0.15) is 0 Å². The summed E-state index contributed by atoms with van der Waals surface area (Å²) < 4.78 is 5.59. The Morgan fingerprint density at radius 2 is 1.65 bits per heavy atom. The Morgan fingerprint density at radius 1 is 1.03 bits per heavy atom. The SMILES string of the molecule is CCN(C(=O)OCc1ccccc1)C1CCN(CC2CN(Cc3ccccc3)CC2(C)O)CC1. The molecule has 2 heterocycles. The summed E-state index contributed by atoms with van der Waals surface area (Å²) in [6, 6.07) is 20.5. The molecule has 6 nitrogen and oxygen atoms in total. The molecule has 0 aromatic heterocycles. The topological polar surface area (TPSA) is 56.2 Å². The molecule has 2 aliphatic heterocycles. The highest BCUT2D eigenvalue weighted by Crippen LogP contribution is 2.30. The molecular formula is C28H39N3O3. The van der Waals surface area contributed by atoms with Crippen LogP contribution in [-0.4, -0.2) is 76.8 Å². The van der Waals surface area contributed by atoms with Gasteiger partial charge in [0.2, 0.25) is 0 Å². The van der Waals surface area contributed by atoms with Crippen molar-refractivity contribution in [3.05, 3.63) is 71.8 Å². The third-order valence-electron chi connectivity index (χ3n) is 7.41. The molecule has 0 aliphatic carbocycles. The molecule has 0 spiro atoms. The first-order chi connectivity index (χ1) is 16.4. The third kappa shape index (κ3) is 6.38. The maximum Gasteiger partial charge on any atom is 0.410 e. The normalized spacial score (nSPS) is 24.3. The third-order valence-corrected chi connectivity index (χ3v) is 7.41. The summed E-state index contributed by atoms with van der Waals surface area (Å²) >= 11 is 0. The van der Waals surface area contributed by atoms with Crippen LogP contribution >= 0.6 is 0 Å². The second-order valence-corrected chi connectivity index (χ2v) is 10.1. The highest BCUT2D eigenvalue weighted by Gasteiger charge is 2.42. The van der Waals surface area contributed by atoms with Crippen LogP contribution in [0.3, 0.4) is 0 Å². The number of ether oxygens (including phenoxy) is 1. The van der Waals surface area contributed by atoms with Crippen LogP contribution in [0.4, 0.5) is 4.79 Å². The van der Waals surface area contributed by atoms with Crippen molar-refractivity contribution in [2.45, 2.75) is 51.5 Å². The summed E-state index contributed by atoms with van der Waals surface area (Å²) in [5.74, 6) is 0.228. The number of benzene rings is 2. The summed E-state index contributed by atoms with van der Waals surface area (Å²) in [5.41, 5.74) is 1.62. The lowest BCUT2D eigenvalue weighted by Gasteiger charge is -2.39. The van der Waals surface area contributed by atoms with E-state index in [2.05, 4.69) is 34.1 Å².